The van der Waals surface area contributed by atoms with E-state index in [9.17, 15) is 4.79 Å². The fraction of sp³-hybridized carbons (Fsp3) is 0.467. The monoisotopic (exact) mass is 306 g/mol. The minimum Gasteiger partial charge on any atom is -0.493 e. The van der Waals surface area contributed by atoms with Gasteiger partial charge in [0.15, 0.2) is 0 Å². The highest BCUT2D eigenvalue weighted by atomic mass is 16.5. The van der Waals surface area contributed by atoms with Crippen molar-refractivity contribution < 1.29 is 14.6 Å². The van der Waals surface area contributed by atoms with Gasteiger partial charge in [-0.05, 0) is 31.2 Å². The molecule has 0 radical (unpaired) electrons. The van der Waals surface area contributed by atoms with Gasteiger partial charge in [0.2, 0.25) is 0 Å². The molecule has 7 nitrogen and oxygen atoms in total. The second kappa shape index (κ2) is 7.24. The average molecular weight is 306 g/mol. The van der Waals surface area contributed by atoms with Crippen LogP contribution in [0, 0.1) is 5.92 Å². The van der Waals surface area contributed by atoms with Gasteiger partial charge in [0.1, 0.15) is 18.2 Å². The van der Waals surface area contributed by atoms with Crippen LogP contribution in [-0.4, -0.2) is 48.7 Å². The molecular formula is C15H22N4O3. The molecule has 0 bridgehead atoms. The molecule has 3 atom stereocenters. The summed E-state index contributed by atoms with van der Waals surface area (Å²) in [6.07, 6.45) is 0. The van der Waals surface area contributed by atoms with E-state index in [2.05, 4.69) is 10.3 Å². The number of nitrogens with one attached hydrogen (secondary N) is 1. The molecule has 1 aromatic carbocycles. The van der Waals surface area contributed by atoms with Gasteiger partial charge in [-0.25, -0.2) is 0 Å². The van der Waals surface area contributed by atoms with Gasteiger partial charge in [-0.1, -0.05) is 0 Å². The lowest BCUT2D eigenvalue weighted by atomic mass is 10.1. The van der Waals surface area contributed by atoms with E-state index in [4.69, 9.17) is 21.3 Å². The molecule has 1 fully saturated rings. The van der Waals surface area contributed by atoms with Crippen LogP contribution in [0.3, 0.4) is 0 Å². The molecule has 120 valence electrons. The summed E-state index contributed by atoms with van der Waals surface area (Å²) in [5.74, 6) is -0.393. The summed E-state index contributed by atoms with van der Waals surface area (Å²) >= 11 is 0. The lowest BCUT2D eigenvalue weighted by molar-refractivity contribution is -0.142. The van der Waals surface area contributed by atoms with Gasteiger partial charge in [-0.2, -0.15) is 0 Å². The largest absolute Gasteiger partial charge is 0.493 e. The van der Waals surface area contributed by atoms with Gasteiger partial charge >= 0.3 is 5.97 Å². The Labute approximate surface area is 129 Å². The summed E-state index contributed by atoms with van der Waals surface area (Å²) in [6.45, 7) is 3.20. The lowest BCUT2D eigenvalue weighted by Crippen LogP contribution is -2.33. The SMILES string of the molecule is CC(COc1ccc(C(N)=NC2CNCC2N)cc1)C(=O)O. The Morgan fingerprint density at radius 3 is 2.68 bits per heavy atom. The number of hydrogen-bond donors (Lipinski definition) is 4. The van der Waals surface area contributed by atoms with E-state index in [1.165, 1.54) is 0 Å². The molecule has 0 amide bonds. The second-order valence-electron chi connectivity index (χ2n) is 5.48. The highest BCUT2D eigenvalue weighted by Crippen LogP contribution is 2.14. The zero-order chi connectivity index (χ0) is 16.1. The molecule has 3 unspecified atom stereocenters. The molecule has 6 N–H and O–H groups in total. The molecule has 0 saturated carbocycles. The van der Waals surface area contributed by atoms with Gasteiger partial charge in [0.25, 0.3) is 0 Å². The fourth-order valence-corrected chi connectivity index (χ4v) is 2.09. The Kier molecular flexibility index (Phi) is 5.35. The predicted molar refractivity (Wildman–Crippen MR) is 84.1 cm³/mol. The average Bonchev–Trinajstić information content (AvgIpc) is 2.90. The number of carboxylic acids is 1. The number of amidine groups is 1. The van der Waals surface area contributed by atoms with Crippen LogP contribution >= 0.6 is 0 Å². The van der Waals surface area contributed by atoms with Crippen molar-refractivity contribution in [1.29, 1.82) is 0 Å². The molecule has 0 spiro atoms. The van der Waals surface area contributed by atoms with Crippen molar-refractivity contribution >= 4 is 11.8 Å². The van der Waals surface area contributed by atoms with E-state index < -0.39 is 11.9 Å². The zero-order valence-corrected chi connectivity index (χ0v) is 12.5. The quantitative estimate of drug-likeness (QED) is 0.426. The normalized spacial score (nSPS) is 23.3. The maximum atomic E-state index is 10.7. The first-order valence-electron chi connectivity index (χ1n) is 7.23. The minimum absolute atomic E-state index is 0.00709. The summed E-state index contributed by atoms with van der Waals surface area (Å²) in [5, 5.41) is 12.0. The predicted octanol–water partition coefficient (Wildman–Crippen LogP) is -0.209. The second-order valence-corrected chi connectivity index (χ2v) is 5.48. The Bertz CT molecular complexity index is 544. The summed E-state index contributed by atoms with van der Waals surface area (Å²) in [6, 6.07) is 7.07. The van der Waals surface area contributed by atoms with Gasteiger partial charge in [0, 0.05) is 24.7 Å². The molecule has 7 heteroatoms. The molecule has 1 heterocycles. The molecule has 0 aliphatic carbocycles. The zero-order valence-electron chi connectivity index (χ0n) is 12.5. The number of aliphatic imine (C=N–C) groups is 1. The maximum absolute atomic E-state index is 10.7. The maximum Gasteiger partial charge on any atom is 0.309 e. The summed E-state index contributed by atoms with van der Waals surface area (Å²) in [5.41, 5.74) is 12.7. The van der Waals surface area contributed by atoms with Crippen LogP contribution in [0.4, 0.5) is 0 Å². The lowest BCUT2D eigenvalue weighted by Gasteiger charge is -2.12. The van der Waals surface area contributed by atoms with Crippen molar-refractivity contribution in [3.8, 4) is 5.75 Å². The summed E-state index contributed by atoms with van der Waals surface area (Å²) in [4.78, 5) is 15.2. The van der Waals surface area contributed by atoms with E-state index in [0.717, 1.165) is 18.7 Å². The third-order valence-corrected chi connectivity index (χ3v) is 3.60. The van der Waals surface area contributed by atoms with Crippen LogP contribution in [0.5, 0.6) is 5.75 Å². The Morgan fingerprint density at radius 1 is 1.45 bits per heavy atom. The van der Waals surface area contributed by atoms with Crippen LogP contribution in [0.15, 0.2) is 29.3 Å². The van der Waals surface area contributed by atoms with Crippen LogP contribution < -0.4 is 21.5 Å². The molecule has 1 aromatic rings. The van der Waals surface area contributed by atoms with Crippen molar-refractivity contribution in [2.75, 3.05) is 19.7 Å². The molecule has 22 heavy (non-hydrogen) atoms. The van der Waals surface area contributed by atoms with Gasteiger partial charge in [0.05, 0.1) is 12.0 Å². The topological polar surface area (TPSA) is 123 Å². The number of ether oxygens (including phenoxy) is 1. The van der Waals surface area contributed by atoms with Crippen LogP contribution in [0.2, 0.25) is 0 Å². The number of carboxylic acid groups (broad SMARTS) is 1. The molecule has 1 aliphatic rings. The van der Waals surface area contributed by atoms with Gasteiger partial charge < -0.3 is 26.6 Å². The first-order valence-corrected chi connectivity index (χ1v) is 7.23. The van der Waals surface area contributed by atoms with Crippen molar-refractivity contribution in [3.63, 3.8) is 0 Å². The Hall–Kier alpha value is -2.12. The van der Waals surface area contributed by atoms with E-state index >= 15 is 0 Å². The molecule has 1 aliphatic heterocycles. The standard InChI is InChI=1S/C15H22N4O3/c1-9(15(20)21)8-22-11-4-2-10(3-5-11)14(17)19-13-7-18-6-12(13)16/h2-5,9,12-13,18H,6-8,16H2,1H3,(H2,17,19)(H,20,21). The van der Waals surface area contributed by atoms with E-state index in [1.807, 2.05) is 0 Å². The number of benzene rings is 1. The third-order valence-electron chi connectivity index (χ3n) is 3.60. The highest BCUT2D eigenvalue weighted by molar-refractivity contribution is 5.97. The van der Waals surface area contributed by atoms with E-state index in [-0.39, 0.29) is 18.7 Å². The molecule has 2 rings (SSSR count). The smallest absolute Gasteiger partial charge is 0.309 e. The number of aliphatic carboxylic acids is 1. The molecular weight excluding hydrogens is 284 g/mol. The fourth-order valence-electron chi connectivity index (χ4n) is 2.09. The van der Waals surface area contributed by atoms with Crippen LogP contribution in [-0.2, 0) is 4.79 Å². The van der Waals surface area contributed by atoms with Crippen molar-refractivity contribution in [2.24, 2.45) is 22.4 Å². The van der Waals surface area contributed by atoms with E-state index in [1.54, 1.807) is 31.2 Å². The van der Waals surface area contributed by atoms with Crippen molar-refractivity contribution in [3.05, 3.63) is 29.8 Å². The number of nitrogens with two attached hydrogens (primary N) is 2. The van der Waals surface area contributed by atoms with E-state index in [0.29, 0.717) is 11.6 Å². The first kappa shape index (κ1) is 16.3. The third kappa shape index (κ3) is 4.19. The number of nitrogens with zero attached hydrogens (tertiary/aromatic N) is 1. The number of rotatable bonds is 6. The number of hydrogen-bond acceptors (Lipinski definition) is 5. The van der Waals surface area contributed by atoms with Crippen molar-refractivity contribution in [1.82, 2.24) is 5.32 Å². The Balaban J connectivity index is 1.96. The van der Waals surface area contributed by atoms with Gasteiger partial charge in [-0.15, -0.1) is 0 Å². The van der Waals surface area contributed by atoms with Crippen LogP contribution in [0.25, 0.3) is 0 Å². The van der Waals surface area contributed by atoms with Gasteiger partial charge in [-0.3, -0.25) is 9.79 Å². The molecule has 1 saturated heterocycles. The van der Waals surface area contributed by atoms with Crippen molar-refractivity contribution in [2.45, 2.75) is 19.0 Å². The molecule has 0 aromatic heterocycles. The summed E-state index contributed by atoms with van der Waals surface area (Å²) in [7, 11) is 0. The van der Waals surface area contributed by atoms with Crippen LogP contribution in [0.1, 0.15) is 12.5 Å². The Morgan fingerprint density at radius 2 is 2.14 bits per heavy atom. The minimum atomic E-state index is -0.880. The first-order chi connectivity index (χ1) is 10.5. The number of carbonyl (C=O) groups is 1. The highest BCUT2D eigenvalue weighted by Gasteiger charge is 2.23. The summed E-state index contributed by atoms with van der Waals surface area (Å²) < 4.78 is 5.42.